The summed E-state index contributed by atoms with van der Waals surface area (Å²) in [6.45, 7) is 2.05. The molecule has 4 aromatic rings. The monoisotopic (exact) mass is 475 g/mol. The Morgan fingerprint density at radius 1 is 1.19 bits per heavy atom. The minimum absolute atomic E-state index is 0.00243. The number of benzene rings is 1. The van der Waals surface area contributed by atoms with Crippen LogP contribution in [0.15, 0.2) is 47.4 Å². The van der Waals surface area contributed by atoms with E-state index in [1.165, 1.54) is 10.9 Å². The number of aryl methyl sites for hydroxylation is 1. The molecule has 0 unspecified atom stereocenters. The lowest BCUT2D eigenvalue weighted by Crippen LogP contribution is -2.17. The molecule has 32 heavy (non-hydrogen) atoms. The lowest BCUT2D eigenvalue weighted by atomic mass is 10.2. The van der Waals surface area contributed by atoms with Crippen LogP contribution in [0.3, 0.4) is 0 Å². The fourth-order valence-corrected chi connectivity index (χ4v) is 3.38. The highest BCUT2D eigenvalue weighted by atomic mass is 35.5. The van der Waals surface area contributed by atoms with Crippen LogP contribution < -0.4 is 5.32 Å². The van der Waals surface area contributed by atoms with Gasteiger partial charge in [-0.05, 0) is 18.6 Å². The number of hydrogen-bond acceptors (Lipinski definition) is 7. The quantitative estimate of drug-likeness (QED) is 0.315. The minimum atomic E-state index is -0.594. The smallest absolute Gasteiger partial charge is 0.307 e. The molecule has 0 spiro atoms. The number of nitrogens with one attached hydrogen (secondary N) is 1. The molecule has 0 atom stereocenters. The fraction of sp³-hybridized carbons (Fsp3) is 0.158. The molecule has 0 fully saturated rings. The molecule has 0 aliphatic rings. The van der Waals surface area contributed by atoms with Gasteiger partial charge in [-0.2, -0.15) is 10.2 Å². The summed E-state index contributed by atoms with van der Waals surface area (Å²) in [7, 11) is 0. The van der Waals surface area contributed by atoms with Crippen molar-refractivity contribution in [3.8, 4) is 0 Å². The molecule has 0 aliphatic heterocycles. The summed E-state index contributed by atoms with van der Waals surface area (Å²) in [5, 5.41) is 26.3. The van der Waals surface area contributed by atoms with E-state index in [1.54, 1.807) is 23.9 Å². The molecule has 0 radical (unpaired) electrons. The third-order valence-electron chi connectivity index (χ3n) is 4.59. The molecule has 0 saturated carbocycles. The molecule has 164 valence electrons. The van der Waals surface area contributed by atoms with Gasteiger partial charge in [0.05, 0.1) is 18.0 Å². The minimum Gasteiger partial charge on any atom is -0.361 e. The van der Waals surface area contributed by atoms with E-state index in [9.17, 15) is 14.9 Å². The predicted molar refractivity (Wildman–Crippen MR) is 115 cm³/mol. The van der Waals surface area contributed by atoms with Crippen LogP contribution in [0.25, 0.3) is 0 Å². The van der Waals surface area contributed by atoms with Gasteiger partial charge in [-0.25, -0.2) is 0 Å². The van der Waals surface area contributed by atoms with E-state index in [4.69, 9.17) is 27.7 Å². The lowest BCUT2D eigenvalue weighted by molar-refractivity contribution is -0.385. The number of rotatable bonds is 7. The normalized spacial score (nSPS) is 11.0. The first-order valence-electron chi connectivity index (χ1n) is 9.21. The van der Waals surface area contributed by atoms with Crippen LogP contribution in [0, 0.1) is 17.0 Å². The maximum absolute atomic E-state index is 12.8. The van der Waals surface area contributed by atoms with E-state index < -0.39 is 10.8 Å². The zero-order valence-corrected chi connectivity index (χ0v) is 18.0. The van der Waals surface area contributed by atoms with Crippen molar-refractivity contribution in [2.24, 2.45) is 0 Å². The van der Waals surface area contributed by atoms with Crippen LogP contribution in [0.4, 0.5) is 11.5 Å². The van der Waals surface area contributed by atoms with Crippen molar-refractivity contribution in [1.29, 1.82) is 0 Å². The van der Waals surface area contributed by atoms with E-state index in [0.29, 0.717) is 22.9 Å². The second-order valence-corrected chi connectivity index (χ2v) is 7.60. The molecule has 3 aromatic heterocycles. The van der Waals surface area contributed by atoms with Gasteiger partial charge in [-0.1, -0.05) is 46.6 Å². The zero-order chi connectivity index (χ0) is 22.8. The van der Waals surface area contributed by atoms with Gasteiger partial charge in [0.25, 0.3) is 5.91 Å². The van der Waals surface area contributed by atoms with Crippen molar-refractivity contribution >= 4 is 40.6 Å². The Morgan fingerprint density at radius 2 is 1.97 bits per heavy atom. The number of nitrogens with zero attached hydrogens (tertiary/aromatic N) is 6. The van der Waals surface area contributed by atoms with Crippen molar-refractivity contribution < 1.29 is 14.2 Å². The number of aromatic nitrogens is 5. The third-order valence-corrected chi connectivity index (χ3v) is 5.23. The van der Waals surface area contributed by atoms with Crippen molar-refractivity contribution in [3.63, 3.8) is 0 Å². The Balaban J connectivity index is 1.52. The Hall–Kier alpha value is -3.70. The lowest BCUT2D eigenvalue weighted by Gasteiger charge is -2.05. The summed E-state index contributed by atoms with van der Waals surface area (Å²) >= 11 is 12.4. The van der Waals surface area contributed by atoms with Crippen LogP contribution in [0.2, 0.25) is 10.0 Å². The largest absolute Gasteiger partial charge is 0.361 e. The third kappa shape index (κ3) is 4.48. The average molecular weight is 476 g/mol. The highest BCUT2D eigenvalue weighted by Crippen LogP contribution is 2.24. The van der Waals surface area contributed by atoms with Gasteiger partial charge in [0.1, 0.15) is 23.2 Å². The van der Waals surface area contributed by atoms with Gasteiger partial charge < -0.3 is 9.84 Å². The Bertz CT molecular complexity index is 1310. The Labute approximate surface area is 190 Å². The molecule has 1 amide bonds. The standard InChI is InChI=1S/C19H15Cl2N7O4/c1-11-14(9-26-8-13(6-22-26)28(30)31)17(25-32-11)19(29)23-18-16(21)10-27(24-18)7-12-4-2-3-5-15(12)20/h2-6,8,10H,7,9H2,1H3,(H,23,24,29). The molecule has 0 saturated heterocycles. The van der Waals surface area contributed by atoms with E-state index in [2.05, 4.69) is 20.7 Å². The number of anilines is 1. The summed E-state index contributed by atoms with van der Waals surface area (Å²) in [6.07, 6.45) is 3.94. The first-order valence-corrected chi connectivity index (χ1v) is 9.97. The molecule has 1 N–H and O–H groups in total. The molecular formula is C19H15Cl2N7O4. The Morgan fingerprint density at radius 3 is 2.69 bits per heavy atom. The van der Waals surface area contributed by atoms with Crippen molar-refractivity contribution in [2.45, 2.75) is 20.0 Å². The average Bonchev–Trinajstić information content (AvgIpc) is 3.45. The fourth-order valence-electron chi connectivity index (χ4n) is 2.98. The topological polar surface area (TPSA) is 134 Å². The van der Waals surface area contributed by atoms with Crippen molar-refractivity contribution in [3.05, 3.63) is 85.6 Å². The first kappa shape index (κ1) is 21.5. The van der Waals surface area contributed by atoms with E-state index in [-0.39, 0.29) is 28.8 Å². The van der Waals surface area contributed by atoms with Crippen molar-refractivity contribution in [1.82, 2.24) is 24.7 Å². The molecular weight excluding hydrogens is 461 g/mol. The first-order chi connectivity index (χ1) is 15.3. The van der Waals surface area contributed by atoms with Crippen LogP contribution in [0.1, 0.15) is 27.4 Å². The molecule has 0 aliphatic carbocycles. The molecule has 4 rings (SSSR count). The number of nitro groups is 1. The molecule has 0 bridgehead atoms. The predicted octanol–water partition coefficient (Wildman–Crippen LogP) is 3.94. The molecule has 3 heterocycles. The van der Waals surface area contributed by atoms with Gasteiger partial charge >= 0.3 is 5.69 Å². The summed E-state index contributed by atoms with van der Waals surface area (Å²) in [4.78, 5) is 23.1. The van der Waals surface area contributed by atoms with Gasteiger partial charge in [0, 0.05) is 16.8 Å². The maximum atomic E-state index is 12.8. The summed E-state index contributed by atoms with van der Waals surface area (Å²) in [5.74, 6) is -0.0721. The molecule has 13 heteroatoms. The van der Waals surface area contributed by atoms with Crippen LogP contribution in [-0.2, 0) is 13.1 Å². The van der Waals surface area contributed by atoms with E-state index in [0.717, 1.165) is 11.8 Å². The van der Waals surface area contributed by atoms with Gasteiger partial charge in [0.2, 0.25) is 0 Å². The number of halogens is 2. The number of carbonyl (C=O) groups excluding carboxylic acids is 1. The maximum Gasteiger partial charge on any atom is 0.307 e. The SMILES string of the molecule is Cc1onc(C(=O)Nc2nn(Cc3ccccc3Cl)cc2Cl)c1Cn1cc([N+](=O)[O-])cn1. The second-order valence-electron chi connectivity index (χ2n) is 6.79. The summed E-state index contributed by atoms with van der Waals surface area (Å²) in [6, 6.07) is 7.32. The number of carbonyl (C=O) groups is 1. The van der Waals surface area contributed by atoms with Crippen LogP contribution in [-0.4, -0.2) is 35.5 Å². The van der Waals surface area contributed by atoms with E-state index >= 15 is 0 Å². The van der Waals surface area contributed by atoms with Gasteiger partial charge in [0.15, 0.2) is 11.5 Å². The Kier molecular flexibility index (Phi) is 5.93. The summed E-state index contributed by atoms with van der Waals surface area (Å²) < 4.78 is 8.02. The second kappa shape index (κ2) is 8.81. The van der Waals surface area contributed by atoms with Crippen LogP contribution in [0.5, 0.6) is 0 Å². The number of hydrogen-bond donors (Lipinski definition) is 1. The highest BCUT2D eigenvalue weighted by Gasteiger charge is 2.23. The summed E-state index contributed by atoms with van der Waals surface area (Å²) in [5.41, 5.74) is 1.10. The molecule has 1 aromatic carbocycles. The molecule has 11 nitrogen and oxygen atoms in total. The zero-order valence-electron chi connectivity index (χ0n) is 16.5. The van der Waals surface area contributed by atoms with Crippen LogP contribution >= 0.6 is 23.2 Å². The highest BCUT2D eigenvalue weighted by molar-refractivity contribution is 6.33. The number of amides is 1. The van der Waals surface area contributed by atoms with Gasteiger partial charge in [-0.3, -0.25) is 24.3 Å². The van der Waals surface area contributed by atoms with E-state index in [1.807, 2.05) is 18.2 Å². The van der Waals surface area contributed by atoms with Gasteiger partial charge in [-0.15, -0.1) is 0 Å². The van der Waals surface area contributed by atoms with Crippen molar-refractivity contribution in [2.75, 3.05) is 5.32 Å².